The second-order valence-electron chi connectivity index (χ2n) is 3.71. The van der Waals surface area contributed by atoms with Crippen LogP contribution >= 0.6 is 0 Å². The Balaban J connectivity index is 2.17. The molecule has 0 fully saturated rings. The van der Waals surface area contributed by atoms with Gasteiger partial charge in [-0.15, -0.1) is 0 Å². The summed E-state index contributed by atoms with van der Waals surface area (Å²) in [5, 5.41) is 13.0. The van der Waals surface area contributed by atoms with Crippen molar-refractivity contribution in [1.82, 2.24) is 5.32 Å². The number of benzene rings is 1. The number of halogens is 3. The predicted molar refractivity (Wildman–Crippen MR) is 62.1 cm³/mol. The van der Waals surface area contributed by atoms with E-state index in [9.17, 15) is 23.3 Å². The van der Waals surface area contributed by atoms with Crippen LogP contribution in [-0.2, 0) is 0 Å². The lowest BCUT2D eigenvalue weighted by atomic mass is 10.3. The van der Waals surface area contributed by atoms with E-state index in [2.05, 4.69) is 5.32 Å². The largest absolute Gasteiger partial charge is 0.492 e. The van der Waals surface area contributed by atoms with Gasteiger partial charge in [-0.05, 0) is 12.1 Å². The Morgan fingerprint density at radius 3 is 2.37 bits per heavy atom. The smallest absolute Gasteiger partial charge is 0.390 e. The summed E-state index contributed by atoms with van der Waals surface area (Å²) in [4.78, 5) is 9.86. The number of ether oxygens (including phenoxy) is 1. The summed E-state index contributed by atoms with van der Waals surface area (Å²) in [5.41, 5.74) is -0.0457. The molecule has 0 spiro atoms. The molecule has 0 atom stereocenters. The van der Waals surface area contributed by atoms with Crippen LogP contribution in [0, 0.1) is 10.1 Å². The quantitative estimate of drug-likeness (QED) is 0.473. The van der Waals surface area contributed by atoms with Gasteiger partial charge in [-0.25, -0.2) is 0 Å². The van der Waals surface area contributed by atoms with Gasteiger partial charge in [0.1, 0.15) is 12.4 Å². The van der Waals surface area contributed by atoms with Crippen LogP contribution in [0.2, 0.25) is 0 Å². The highest BCUT2D eigenvalue weighted by molar-refractivity contribution is 5.35. The van der Waals surface area contributed by atoms with Gasteiger partial charge in [-0.2, -0.15) is 13.2 Å². The van der Waals surface area contributed by atoms with Crippen molar-refractivity contribution < 1.29 is 22.8 Å². The lowest BCUT2D eigenvalue weighted by Gasteiger charge is -2.08. The third-order valence-corrected chi connectivity index (χ3v) is 2.18. The number of nitrogens with one attached hydrogen (secondary N) is 1. The highest BCUT2D eigenvalue weighted by Crippen LogP contribution is 2.18. The summed E-state index contributed by atoms with van der Waals surface area (Å²) in [5.74, 6) is 0.434. The Morgan fingerprint density at radius 2 is 1.84 bits per heavy atom. The van der Waals surface area contributed by atoms with Gasteiger partial charge in [-0.1, -0.05) is 0 Å². The number of alkyl halides is 3. The summed E-state index contributed by atoms with van der Waals surface area (Å²) >= 11 is 0. The van der Waals surface area contributed by atoms with Gasteiger partial charge in [0.05, 0.1) is 11.3 Å². The molecule has 5 nitrogen and oxygen atoms in total. The maximum atomic E-state index is 11.8. The molecule has 0 aliphatic rings. The zero-order chi connectivity index (χ0) is 14.3. The number of rotatable bonds is 7. The maximum absolute atomic E-state index is 11.8. The molecule has 1 N–H and O–H groups in total. The second kappa shape index (κ2) is 6.93. The van der Waals surface area contributed by atoms with Crippen molar-refractivity contribution in [1.29, 1.82) is 0 Å². The highest BCUT2D eigenvalue weighted by Gasteiger charge is 2.25. The van der Waals surface area contributed by atoms with Crippen molar-refractivity contribution in [2.45, 2.75) is 12.6 Å². The summed E-state index contributed by atoms with van der Waals surface area (Å²) in [6, 6.07) is 5.47. The molecule has 0 aliphatic carbocycles. The van der Waals surface area contributed by atoms with Gasteiger partial charge in [0.2, 0.25) is 0 Å². The number of nitro groups is 1. The standard InChI is InChI=1S/C11H13F3N2O3/c12-11(13,14)5-6-15-7-8-19-10-3-1-9(2-4-10)16(17)18/h1-4,15H,5-8H2. The zero-order valence-corrected chi connectivity index (χ0v) is 9.94. The lowest BCUT2D eigenvalue weighted by Crippen LogP contribution is -2.25. The minimum atomic E-state index is -4.16. The van der Waals surface area contributed by atoms with E-state index in [1.807, 2.05) is 0 Å². The molecule has 0 bridgehead atoms. The van der Waals surface area contributed by atoms with Crippen LogP contribution in [0.15, 0.2) is 24.3 Å². The average Bonchev–Trinajstić information content (AvgIpc) is 2.33. The number of nitrogens with zero attached hydrogens (tertiary/aromatic N) is 1. The molecule has 0 amide bonds. The molecule has 19 heavy (non-hydrogen) atoms. The van der Waals surface area contributed by atoms with Crippen LogP contribution in [0.3, 0.4) is 0 Å². The number of non-ortho nitro benzene ring substituents is 1. The highest BCUT2D eigenvalue weighted by atomic mass is 19.4. The third kappa shape index (κ3) is 6.61. The van der Waals surface area contributed by atoms with E-state index in [0.717, 1.165) is 0 Å². The fourth-order valence-corrected chi connectivity index (χ4v) is 1.26. The lowest BCUT2D eigenvalue weighted by molar-refractivity contribution is -0.384. The van der Waals surface area contributed by atoms with Crippen molar-refractivity contribution in [3.63, 3.8) is 0 Å². The monoisotopic (exact) mass is 278 g/mol. The first-order valence-electron chi connectivity index (χ1n) is 5.53. The molecule has 8 heteroatoms. The van der Waals surface area contributed by atoms with Crippen molar-refractivity contribution in [3.8, 4) is 5.75 Å². The molecule has 1 rings (SSSR count). The summed E-state index contributed by atoms with van der Waals surface area (Å²) in [6.07, 6.45) is -5.04. The van der Waals surface area contributed by atoms with Crippen molar-refractivity contribution in [2.24, 2.45) is 0 Å². The Kier molecular flexibility index (Phi) is 5.56. The van der Waals surface area contributed by atoms with Crippen LogP contribution in [-0.4, -0.2) is 30.8 Å². The van der Waals surface area contributed by atoms with E-state index < -0.39 is 17.5 Å². The summed E-state index contributed by atoms with van der Waals surface area (Å²) in [7, 11) is 0. The van der Waals surface area contributed by atoms with Crippen LogP contribution in [0.5, 0.6) is 5.75 Å². The fraction of sp³-hybridized carbons (Fsp3) is 0.455. The van der Waals surface area contributed by atoms with Gasteiger partial charge in [0.25, 0.3) is 5.69 Å². The Bertz CT molecular complexity index is 407. The van der Waals surface area contributed by atoms with E-state index in [1.54, 1.807) is 0 Å². The number of nitro benzene ring substituents is 1. The molecule has 0 aliphatic heterocycles. The van der Waals surface area contributed by atoms with Crippen molar-refractivity contribution in [3.05, 3.63) is 34.4 Å². The molecule has 0 saturated carbocycles. The molecule has 0 radical (unpaired) electrons. The van der Waals surface area contributed by atoms with Crippen molar-refractivity contribution in [2.75, 3.05) is 19.7 Å². The normalized spacial score (nSPS) is 11.3. The molecule has 0 heterocycles. The molecular weight excluding hydrogens is 265 g/mol. The van der Waals surface area contributed by atoms with E-state index in [1.165, 1.54) is 24.3 Å². The van der Waals surface area contributed by atoms with Gasteiger partial charge in [-0.3, -0.25) is 10.1 Å². The summed E-state index contributed by atoms with van der Waals surface area (Å²) in [6.45, 7) is 0.301. The van der Waals surface area contributed by atoms with Gasteiger partial charge in [0.15, 0.2) is 0 Å². The minimum absolute atomic E-state index is 0.0457. The third-order valence-electron chi connectivity index (χ3n) is 2.18. The SMILES string of the molecule is O=[N+]([O-])c1ccc(OCCNCCC(F)(F)F)cc1. The molecule has 0 saturated heterocycles. The van der Waals surface area contributed by atoms with Crippen molar-refractivity contribution >= 4 is 5.69 Å². The predicted octanol–water partition coefficient (Wildman–Crippen LogP) is 2.52. The topological polar surface area (TPSA) is 64.4 Å². The Hall–Kier alpha value is -1.83. The Morgan fingerprint density at radius 1 is 1.21 bits per heavy atom. The van der Waals surface area contributed by atoms with E-state index in [4.69, 9.17) is 4.74 Å². The zero-order valence-electron chi connectivity index (χ0n) is 9.94. The Labute approximate surface area is 107 Å². The van der Waals surface area contributed by atoms with Crippen LogP contribution in [0.4, 0.5) is 18.9 Å². The first-order chi connectivity index (χ1) is 8.88. The molecule has 1 aromatic rings. The molecule has 1 aromatic carbocycles. The molecule has 106 valence electrons. The summed E-state index contributed by atoms with van der Waals surface area (Å²) < 4.78 is 40.6. The molecule has 0 aromatic heterocycles. The molecular formula is C11H13F3N2O3. The van der Waals surface area contributed by atoms with E-state index in [-0.39, 0.29) is 25.4 Å². The number of hydrogen-bond donors (Lipinski definition) is 1. The van der Waals surface area contributed by atoms with Gasteiger partial charge in [0, 0.05) is 25.2 Å². The second-order valence-corrected chi connectivity index (χ2v) is 3.71. The van der Waals surface area contributed by atoms with Gasteiger partial charge < -0.3 is 10.1 Å². The minimum Gasteiger partial charge on any atom is -0.492 e. The van der Waals surface area contributed by atoms with Gasteiger partial charge >= 0.3 is 6.18 Å². The first-order valence-corrected chi connectivity index (χ1v) is 5.53. The number of hydrogen-bond acceptors (Lipinski definition) is 4. The van der Waals surface area contributed by atoms with E-state index >= 15 is 0 Å². The first kappa shape index (κ1) is 15.2. The van der Waals surface area contributed by atoms with E-state index in [0.29, 0.717) is 5.75 Å². The van der Waals surface area contributed by atoms with Crippen LogP contribution in [0.25, 0.3) is 0 Å². The maximum Gasteiger partial charge on any atom is 0.390 e. The van der Waals surface area contributed by atoms with Crippen LogP contribution in [0.1, 0.15) is 6.42 Å². The molecule has 0 unspecified atom stereocenters. The average molecular weight is 278 g/mol. The van der Waals surface area contributed by atoms with Crippen LogP contribution < -0.4 is 10.1 Å². The fourth-order valence-electron chi connectivity index (χ4n) is 1.26.